The van der Waals surface area contributed by atoms with E-state index >= 15 is 0 Å². The Kier molecular flexibility index (Phi) is 3.05. The fourth-order valence-electron chi connectivity index (χ4n) is 2.10. The maximum absolute atomic E-state index is 10.9. The number of hydrogen-bond donors (Lipinski definition) is 0. The van der Waals surface area contributed by atoms with Gasteiger partial charge in [0.05, 0.1) is 0 Å². The molecule has 0 amide bonds. The maximum atomic E-state index is 10.9. The molecule has 0 aliphatic heterocycles. The Labute approximate surface area is 90.9 Å². The lowest BCUT2D eigenvalue weighted by Crippen LogP contribution is -2.29. The van der Waals surface area contributed by atoms with Gasteiger partial charge in [-0.2, -0.15) is 0 Å². The second-order valence-corrected chi connectivity index (χ2v) is 4.35. The summed E-state index contributed by atoms with van der Waals surface area (Å²) in [7, 11) is 2.07. The van der Waals surface area contributed by atoms with E-state index < -0.39 is 0 Å². The van der Waals surface area contributed by atoms with Crippen LogP contribution >= 0.6 is 0 Å². The molecule has 1 aromatic rings. The van der Waals surface area contributed by atoms with Crippen molar-refractivity contribution in [3.8, 4) is 0 Å². The van der Waals surface area contributed by atoms with Crippen molar-refractivity contribution in [1.82, 2.24) is 0 Å². The van der Waals surface area contributed by atoms with E-state index in [0.29, 0.717) is 0 Å². The van der Waals surface area contributed by atoms with Crippen molar-refractivity contribution >= 4 is 12.0 Å². The molecule has 1 aliphatic carbocycles. The van der Waals surface area contributed by atoms with Crippen LogP contribution in [-0.4, -0.2) is 19.9 Å². The van der Waals surface area contributed by atoms with E-state index in [9.17, 15) is 4.79 Å². The van der Waals surface area contributed by atoms with Gasteiger partial charge in [0.15, 0.2) is 6.29 Å². The number of nitrogens with zero attached hydrogens (tertiary/aromatic N) is 1. The van der Waals surface area contributed by atoms with Crippen LogP contribution in [0.15, 0.2) is 24.3 Å². The van der Waals surface area contributed by atoms with Crippen molar-refractivity contribution in [2.45, 2.75) is 19.3 Å². The number of hydrogen-bond acceptors (Lipinski definition) is 2. The Bertz CT molecular complexity index is 344. The smallest absolute Gasteiger partial charge is 0.152 e. The third-order valence-electron chi connectivity index (χ3n) is 3.23. The first kappa shape index (κ1) is 10.2. The van der Waals surface area contributed by atoms with Crippen LogP contribution in [0.5, 0.6) is 0 Å². The highest BCUT2D eigenvalue weighted by atomic mass is 16.1. The molecule has 0 heterocycles. The van der Waals surface area contributed by atoms with Gasteiger partial charge >= 0.3 is 0 Å². The summed E-state index contributed by atoms with van der Waals surface area (Å²) in [6.45, 7) is 1.07. The molecule has 0 spiro atoms. The number of carbonyl (C=O) groups is 1. The van der Waals surface area contributed by atoms with Gasteiger partial charge in [-0.1, -0.05) is 18.6 Å². The Morgan fingerprint density at radius 3 is 2.73 bits per heavy atom. The fraction of sp³-hybridized carbons (Fsp3) is 0.462. The summed E-state index contributed by atoms with van der Waals surface area (Å²) < 4.78 is 0. The largest absolute Gasteiger partial charge is 0.374 e. The second kappa shape index (κ2) is 4.47. The highest BCUT2D eigenvalue weighted by molar-refractivity contribution is 5.84. The van der Waals surface area contributed by atoms with Crippen LogP contribution < -0.4 is 4.90 Å². The molecule has 1 aromatic carbocycles. The first-order chi connectivity index (χ1) is 7.31. The lowest BCUT2D eigenvalue weighted by atomic mass is 9.85. The second-order valence-electron chi connectivity index (χ2n) is 4.35. The number of rotatable bonds is 4. The van der Waals surface area contributed by atoms with Gasteiger partial charge in [0, 0.05) is 24.8 Å². The standard InChI is InChI=1S/C13H17NO/c1-14(9-11-5-4-6-11)13-8-3-2-7-12(13)10-15/h2-3,7-8,10-11H,4-6,9H2,1H3. The molecule has 1 saturated carbocycles. The quantitative estimate of drug-likeness (QED) is 0.701. The molecule has 2 rings (SSSR count). The predicted octanol–water partition coefficient (Wildman–Crippen LogP) is 2.74. The first-order valence-electron chi connectivity index (χ1n) is 5.56. The lowest BCUT2D eigenvalue weighted by molar-refractivity contribution is 0.112. The minimum Gasteiger partial charge on any atom is -0.374 e. The van der Waals surface area contributed by atoms with Crippen LogP contribution in [0.2, 0.25) is 0 Å². The summed E-state index contributed by atoms with van der Waals surface area (Å²) in [5.41, 5.74) is 1.85. The Hall–Kier alpha value is -1.31. The average Bonchev–Trinajstić information content (AvgIpc) is 2.23. The van der Waals surface area contributed by atoms with Crippen LogP contribution in [0.1, 0.15) is 29.6 Å². The van der Waals surface area contributed by atoms with Crippen LogP contribution in [0, 0.1) is 5.92 Å². The molecule has 1 aliphatic rings. The third-order valence-corrected chi connectivity index (χ3v) is 3.23. The summed E-state index contributed by atoms with van der Waals surface area (Å²) in [6, 6.07) is 7.78. The van der Waals surface area contributed by atoms with Gasteiger partial charge < -0.3 is 4.90 Å². The maximum Gasteiger partial charge on any atom is 0.152 e. The van der Waals surface area contributed by atoms with E-state index in [0.717, 1.165) is 30.0 Å². The van der Waals surface area contributed by atoms with E-state index in [4.69, 9.17) is 0 Å². The van der Waals surface area contributed by atoms with Crippen molar-refractivity contribution < 1.29 is 4.79 Å². The van der Waals surface area contributed by atoms with Crippen molar-refractivity contribution in [2.24, 2.45) is 5.92 Å². The molecule has 0 saturated heterocycles. The van der Waals surface area contributed by atoms with Crippen molar-refractivity contribution in [3.63, 3.8) is 0 Å². The topological polar surface area (TPSA) is 20.3 Å². The summed E-state index contributed by atoms with van der Waals surface area (Å²) in [5.74, 6) is 0.828. The zero-order valence-electron chi connectivity index (χ0n) is 9.15. The number of para-hydroxylation sites is 1. The molecule has 0 N–H and O–H groups in total. The molecule has 1 fully saturated rings. The SMILES string of the molecule is CN(CC1CCC1)c1ccccc1C=O. The van der Waals surface area contributed by atoms with Gasteiger partial charge in [0.25, 0.3) is 0 Å². The minimum atomic E-state index is 0.791. The summed E-state index contributed by atoms with van der Waals surface area (Å²) in [4.78, 5) is 13.1. The molecular formula is C13H17NO. The predicted molar refractivity (Wildman–Crippen MR) is 62.4 cm³/mol. The molecule has 2 heteroatoms. The fourth-order valence-corrected chi connectivity index (χ4v) is 2.10. The van der Waals surface area contributed by atoms with Crippen LogP contribution in [0.25, 0.3) is 0 Å². The molecule has 80 valence electrons. The zero-order chi connectivity index (χ0) is 10.7. The van der Waals surface area contributed by atoms with E-state index in [2.05, 4.69) is 11.9 Å². The van der Waals surface area contributed by atoms with E-state index in [1.165, 1.54) is 19.3 Å². The lowest BCUT2D eigenvalue weighted by Gasteiger charge is -2.31. The van der Waals surface area contributed by atoms with Crippen LogP contribution in [-0.2, 0) is 0 Å². The number of anilines is 1. The molecule has 2 nitrogen and oxygen atoms in total. The van der Waals surface area contributed by atoms with Gasteiger partial charge in [-0.25, -0.2) is 0 Å². The van der Waals surface area contributed by atoms with Crippen molar-refractivity contribution in [3.05, 3.63) is 29.8 Å². The van der Waals surface area contributed by atoms with E-state index in [1.54, 1.807) is 0 Å². The van der Waals surface area contributed by atoms with Crippen molar-refractivity contribution in [2.75, 3.05) is 18.5 Å². The summed E-state index contributed by atoms with van der Waals surface area (Å²) in [6.07, 6.45) is 4.99. The normalized spacial score (nSPS) is 15.8. The van der Waals surface area contributed by atoms with E-state index in [1.807, 2.05) is 24.3 Å². The molecule has 0 unspecified atom stereocenters. The van der Waals surface area contributed by atoms with Gasteiger partial charge in [0.2, 0.25) is 0 Å². The van der Waals surface area contributed by atoms with Gasteiger partial charge in [-0.3, -0.25) is 4.79 Å². The molecule has 0 aromatic heterocycles. The monoisotopic (exact) mass is 203 g/mol. The first-order valence-corrected chi connectivity index (χ1v) is 5.56. The highest BCUT2D eigenvalue weighted by Crippen LogP contribution is 2.29. The number of carbonyl (C=O) groups excluding carboxylic acids is 1. The average molecular weight is 203 g/mol. The van der Waals surface area contributed by atoms with Gasteiger partial charge in [0.1, 0.15) is 0 Å². The molecule has 0 bridgehead atoms. The third kappa shape index (κ3) is 2.20. The Balaban J connectivity index is 2.09. The zero-order valence-corrected chi connectivity index (χ0v) is 9.15. The minimum absolute atomic E-state index is 0.791. The summed E-state index contributed by atoms with van der Waals surface area (Å²) >= 11 is 0. The molecule has 0 atom stereocenters. The highest BCUT2D eigenvalue weighted by Gasteiger charge is 2.19. The van der Waals surface area contributed by atoms with Crippen LogP contribution in [0.4, 0.5) is 5.69 Å². The number of benzene rings is 1. The van der Waals surface area contributed by atoms with Crippen LogP contribution in [0.3, 0.4) is 0 Å². The number of aldehydes is 1. The van der Waals surface area contributed by atoms with Gasteiger partial charge in [-0.05, 0) is 30.9 Å². The molecular weight excluding hydrogens is 186 g/mol. The molecule has 15 heavy (non-hydrogen) atoms. The van der Waals surface area contributed by atoms with E-state index in [-0.39, 0.29) is 0 Å². The van der Waals surface area contributed by atoms with Gasteiger partial charge in [-0.15, -0.1) is 0 Å². The molecule has 0 radical (unpaired) electrons. The Morgan fingerprint density at radius 1 is 1.40 bits per heavy atom. The summed E-state index contributed by atoms with van der Waals surface area (Å²) in [5, 5.41) is 0. The Morgan fingerprint density at radius 2 is 2.13 bits per heavy atom. The van der Waals surface area contributed by atoms with Crippen molar-refractivity contribution in [1.29, 1.82) is 0 Å².